The largest absolute Gasteiger partial charge is 0.478 e. The molecule has 1 N–H and O–H groups in total. The number of rotatable bonds is 3. The first-order valence-electron chi connectivity index (χ1n) is 6.75. The van der Waals surface area contributed by atoms with Crippen LogP contribution in [0.25, 0.3) is 0 Å². The molecule has 2 rings (SSSR count). The molecule has 1 saturated heterocycles. The highest BCUT2D eigenvalue weighted by Crippen LogP contribution is 2.31. The Balaban J connectivity index is 2.45. The van der Waals surface area contributed by atoms with Gasteiger partial charge in [-0.25, -0.2) is 13.2 Å². The van der Waals surface area contributed by atoms with Gasteiger partial charge in [0.15, 0.2) is 0 Å². The normalized spacial score (nSPS) is 24.0. The van der Waals surface area contributed by atoms with Crippen molar-refractivity contribution in [2.24, 2.45) is 11.8 Å². The van der Waals surface area contributed by atoms with Crippen molar-refractivity contribution in [3.63, 3.8) is 0 Å². The Morgan fingerprint density at radius 3 is 2.38 bits per heavy atom. The molecule has 0 aliphatic carbocycles. The van der Waals surface area contributed by atoms with Crippen LogP contribution in [0.5, 0.6) is 0 Å². The zero-order chi connectivity index (χ0) is 15.8. The summed E-state index contributed by atoms with van der Waals surface area (Å²) in [6, 6.07) is 4.05. The predicted octanol–water partition coefficient (Wildman–Crippen LogP) is 2.70. The Bertz CT molecular complexity index is 649. The summed E-state index contributed by atoms with van der Waals surface area (Å²) in [5.74, 6) is -0.702. The molecule has 7 heteroatoms. The smallest absolute Gasteiger partial charge is 0.337 e. The molecule has 116 valence electrons. The summed E-state index contributed by atoms with van der Waals surface area (Å²) >= 11 is 5.99. The number of carboxylic acids is 1. The van der Waals surface area contributed by atoms with Gasteiger partial charge in [-0.1, -0.05) is 31.5 Å². The van der Waals surface area contributed by atoms with E-state index in [9.17, 15) is 13.2 Å². The number of carboxylic acid groups (broad SMARTS) is 1. The molecular formula is C14H18ClNO4S. The fraction of sp³-hybridized carbons (Fsp3) is 0.500. The molecule has 0 radical (unpaired) electrons. The van der Waals surface area contributed by atoms with E-state index in [2.05, 4.69) is 0 Å². The number of nitrogens with zero attached hydrogens (tertiary/aromatic N) is 1. The van der Waals surface area contributed by atoms with E-state index in [-0.39, 0.29) is 27.3 Å². The number of benzene rings is 1. The Morgan fingerprint density at radius 1 is 1.29 bits per heavy atom. The average molecular weight is 332 g/mol. The summed E-state index contributed by atoms with van der Waals surface area (Å²) in [5.41, 5.74) is -0.198. The number of hydrogen-bond donors (Lipinski definition) is 1. The van der Waals surface area contributed by atoms with Crippen LogP contribution < -0.4 is 0 Å². The van der Waals surface area contributed by atoms with Crippen LogP contribution in [0.4, 0.5) is 0 Å². The van der Waals surface area contributed by atoms with Crippen LogP contribution in [-0.4, -0.2) is 36.9 Å². The number of aromatic carboxylic acids is 1. The summed E-state index contributed by atoms with van der Waals surface area (Å²) in [6.45, 7) is 4.88. The van der Waals surface area contributed by atoms with Gasteiger partial charge in [-0.15, -0.1) is 0 Å². The zero-order valence-electron chi connectivity index (χ0n) is 11.9. The van der Waals surface area contributed by atoms with Crippen LogP contribution in [0.15, 0.2) is 23.1 Å². The molecule has 1 aliphatic heterocycles. The highest BCUT2D eigenvalue weighted by molar-refractivity contribution is 7.89. The van der Waals surface area contributed by atoms with Gasteiger partial charge in [0, 0.05) is 13.1 Å². The molecule has 0 saturated carbocycles. The maximum absolute atomic E-state index is 12.7. The summed E-state index contributed by atoms with van der Waals surface area (Å²) in [4.78, 5) is 11.0. The molecule has 1 fully saturated rings. The minimum atomic E-state index is -3.78. The molecule has 1 heterocycles. The second-order valence-electron chi connectivity index (χ2n) is 5.69. The van der Waals surface area contributed by atoms with Gasteiger partial charge in [0.25, 0.3) is 0 Å². The lowest BCUT2D eigenvalue weighted by molar-refractivity contribution is 0.0697. The minimum absolute atomic E-state index is 0.134. The molecule has 0 bridgehead atoms. The van der Waals surface area contributed by atoms with Crippen molar-refractivity contribution in [3.8, 4) is 0 Å². The van der Waals surface area contributed by atoms with Gasteiger partial charge in [-0.05, 0) is 30.4 Å². The second kappa shape index (κ2) is 5.94. The maximum atomic E-state index is 12.7. The van der Waals surface area contributed by atoms with Gasteiger partial charge < -0.3 is 5.11 Å². The van der Waals surface area contributed by atoms with Crippen LogP contribution >= 0.6 is 11.6 Å². The molecular weight excluding hydrogens is 314 g/mol. The highest BCUT2D eigenvalue weighted by Gasteiger charge is 2.33. The highest BCUT2D eigenvalue weighted by atomic mass is 35.5. The van der Waals surface area contributed by atoms with Crippen molar-refractivity contribution in [1.29, 1.82) is 0 Å². The fourth-order valence-electron chi connectivity index (χ4n) is 2.82. The van der Waals surface area contributed by atoms with E-state index in [4.69, 9.17) is 16.7 Å². The summed E-state index contributed by atoms with van der Waals surface area (Å²) in [6.07, 6.45) is 0.981. The Kier molecular flexibility index (Phi) is 4.60. The second-order valence-corrected chi connectivity index (χ2v) is 7.98. The van der Waals surface area contributed by atoms with Gasteiger partial charge >= 0.3 is 5.97 Å². The summed E-state index contributed by atoms with van der Waals surface area (Å²) in [7, 11) is -3.78. The zero-order valence-corrected chi connectivity index (χ0v) is 13.5. The molecule has 21 heavy (non-hydrogen) atoms. The molecule has 2 atom stereocenters. The van der Waals surface area contributed by atoms with Gasteiger partial charge in [-0.3, -0.25) is 0 Å². The Morgan fingerprint density at radius 2 is 1.86 bits per heavy atom. The van der Waals surface area contributed by atoms with Crippen molar-refractivity contribution in [1.82, 2.24) is 4.31 Å². The first-order valence-corrected chi connectivity index (χ1v) is 8.57. The van der Waals surface area contributed by atoms with Crippen LogP contribution in [0, 0.1) is 11.8 Å². The van der Waals surface area contributed by atoms with Gasteiger partial charge in [0.2, 0.25) is 10.0 Å². The first-order chi connectivity index (χ1) is 9.73. The number of sulfonamides is 1. The third kappa shape index (κ3) is 3.22. The van der Waals surface area contributed by atoms with Crippen molar-refractivity contribution in [3.05, 3.63) is 28.8 Å². The van der Waals surface area contributed by atoms with E-state index in [1.165, 1.54) is 22.5 Å². The Labute approximate surface area is 129 Å². The minimum Gasteiger partial charge on any atom is -0.478 e. The van der Waals surface area contributed by atoms with Crippen molar-refractivity contribution >= 4 is 27.6 Å². The summed E-state index contributed by atoms with van der Waals surface area (Å²) in [5, 5.41) is 8.83. The van der Waals surface area contributed by atoms with Gasteiger partial charge in [0.1, 0.15) is 4.90 Å². The van der Waals surface area contributed by atoms with Crippen LogP contribution in [0.3, 0.4) is 0 Å². The van der Waals surface area contributed by atoms with Crippen molar-refractivity contribution in [2.75, 3.05) is 13.1 Å². The van der Waals surface area contributed by atoms with Crippen LogP contribution in [-0.2, 0) is 10.0 Å². The lowest BCUT2D eigenvalue weighted by atomic mass is 9.94. The maximum Gasteiger partial charge on any atom is 0.337 e. The molecule has 1 aromatic rings. The molecule has 1 aromatic carbocycles. The van der Waals surface area contributed by atoms with E-state index in [1.807, 2.05) is 13.8 Å². The standard InChI is InChI=1S/C14H18ClNO4S/c1-9-6-10(2)8-16(7-9)21(19,20)12-5-3-4-11(13(12)15)14(17)18/h3-5,9-10H,6-8H2,1-2H3,(H,17,18). The summed E-state index contributed by atoms with van der Waals surface area (Å²) < 4.78 is 26.8. The van der Waals surface area contributed by atoms with Gasteiger partial charge in [0.05, 0.1) is 10.6 Å². The Hall–Kier alpha value is -1.11. The lowest BCUT2D eigenvalue weighted by Gasteiger charge is -2.34. The SMILES string of the molecule is CC1CC(C)CN(S(=O)(=O)c2cccc(C(=O)O)c2Cl)C1. The molecule has 0 amide bonds. The predicted molar refractivity (Wildman–Crippen MR) is 80.1 cm³/mol. The number of piperidine rings is 1. The third-order valence-electron chi connectivity index (χ3n) is 3.65. The monoisotopic (exact) mass is 331 g/mol. The van der Waals surface area contributed by atoms with E-state index in [1.54, 1.807) is 0 Å². The quantitative estimate of drug-likeness (QED) is 0.924. The number of halogens is 1. The topological polar surface area (TPSA) is 74.7 Å². The molecule has 0 aromatic heterocycles. The van der Waals surface area contributed by atoms with E-state index < -0.39 is 16.0 Å². The van der Waals surface area contributed by atoms with Crippen molar-refractivity contribution < 1.29 is 18.3 Å². The molecule has 5 nitrogen and oxygen atoms in total. The molecule has 1 aliphatic rings. The van der Waals surface area contributed by atoms with Crippen molar-refractivity contribution in [2.45, 2.75) is 25.2 Å². The third-order valence-corrected chi connectivity index (χ3v) is 6.04. The van der Waals surface area contributed by atoms with Crippen LogP contribution in [0.2, 0.25) is 5.02 Å². The number of hydrogen-bond acceptors (Lipinski definition) is 3. The first kappa shape index (κ1) is 16.3. The van der Waals surface area contributed by atoms with E-state index in [0.29, 0.717) is 13.1 Å². The molecule has 2 unspecified atom stereocenters. The molecule has 0 spiro atoms. The fourth-order valence-corrected chi connectivity index (χ4v) is 5.08. The van der Waals surface area contributed by atoms with Crippen LogP contribution in [0.1, 0.15) is 30.6 Å². The lowest BCUT2D eigenvalue weighted by Crippen LogP contribution is -2.42. The van der Waals surface area contributed by atoms with E-state index in [0.717, 1.165) is 6.42 Å². The number of carbonyl (C=O) groups is 1. The average Bonchev–Trinajstić information content (AvgIpc) is 2.37. The van der Waals surface area contributed by atoms with Gasteiger partial charge in [-0.2, -0.15) is 4.31 Å². The van der Waals surface area contributed by atoms with E-state index >= 15 is 0 Å².